The summed E-state index contributed by atoms with van der Waals surface area (Å²) in [4.78, 5) is 29.0. The van der Waals surface area contributed by atoms with Crippen molar-refractivity contribution in [3.05, 3.63) is 63.4 Å². The van der Waals surface area contributed by atoms with E-state index in [4.69, 9.17) is 16.3 Å². The summed E-state index contributed by atoms with van der Waals surface area (Å²) in [6.45, 7) is 2.09. The molecule has 0 unspecified atom stereocenters. The second-order valence-electron chi connectivity index (χ2n) is 6.01. The quantitative estimate of drug-likeness (QED) is 0.610. The second-order valence-corrected chi connectivity index (χ2v) is 7.46. The van der Waals surface area contributed by atoms with E-state index in [1.54, 1.807) is 28.8 Å². The second kappa shape index (κ2) is 8.50. The van der Waals surface area contributed by atoms with Crippen LogP contribution < -0.4 is 4.80 Å². The maximum atomic E-state index is 12.5. The van der Waals surface area contributed by atoms with Gasteiger partial charge >= 0.3 is 5.97 Å². The first-order chi connectivity index (χ1) is 13.0. The molecule has 3 rings (SSSR count). The number of amides is 1. The monoisotopic (exact) mass is 402 g/mol. The van der Waals surface area contributed by atoms with Crippen LogP contribution in [0, 0.1) is 0 Å². The van der Waals surface area contributed by atoms with Crippen LogP contribution in [0.5, 0.6) is 0 Å². The molecule has 0 bridgehead atoms. The van der Waals surface area contributed by atoms with Crippen molar-refractivity contribution in [1.82, 2.24) is 4.57 Å². The average molecular weight is 403 g/mol. The molecule has 1 heterocycles. The number of carbonyl (C=O) groups is 2. The van der Waals surface area contributed by atoms with Gasteiger partial charge in [0.2, 0.25) is 0 Å². The Morgan fingerprint density at radius 3 is 2.52 bits per heavy atom. The Morgan fingerprint density at radius 2 is 1.85 bits per heavy atom. The number of hydrogen-bond acceptors (Lipinski definition) is 4. The van der Waals surface area contributed by atoms with Gasteiger partial charge in [0.1, 0.15) is 6.54 Å². The van der Waals surface area contributed by atoms with Gasteiger partial charge < -0.3 is 9.30 Å². The van der Waals surface area contributed by atoms with E-state index in [-0.39, 0.29) is 24.8 Å². The summed E-state index contributed by atoms with van der Waals surface area (Å²) in [5.41, 5.74) is 2.88. The maximum Gasteiger partial charge on any atom is 0.325 e. The first kappa shape index (κ1) is 19.3. The van der Waals surface area contributed by atoms with Gasteiger partial charge in [-0.3, -0.25) is 9.59 Å². The van der Waals surface area contributed by atoms with Gasteiger partial charge in [0.25, 0.3) is 5.91 Å². The van der Waals surface area contributed by atoms with E-state index in [2.05, 4.69) is 18.0 Å². The lowest BCUT2D eigenvalue weighted by Gasteiger charge is -2.04. The Hall–Kier alpha value is -2.44. The van der Waals surface area contributed by atoms with E-state index in [1.165, 1.54) is 24.0 Å². The number of fused-ring (bicyclic) bond motifs is 1. The minimum Gasteiger partial charge on any atom is -0.468 e. The van der Waals surface area contributed by atoms with E-state index in [9.17, 15) is 9.59 Å². The van der Waals surface area contributed by atoms with Gasteiger partial charge in [-0.05, 0) is 41.8 Å². The predicted molar refractivity (Wildman–Crippen MR) is 107 cm³/mol. The SMILES string of the molecule is CCc1ccc2c(c1)sc(=NC(=O)Cc1ccc(Cl)cc1)n2CC(=O)OC. The number of halogens is 1. The summed E-state index contributed by atoms with van der Waals surface area (Å²) in [7, 11) is 1.34. The van der Waals surface area contributed by atoms with E-state index >= 15 is 0 Å². The molecule has 3 aromatic rings. The number of thiazole rings is 1. The number of hydrogen-bond donors (Lipinski definition) is 0. The Bertz CT molecular complexity index is 1050. The molecule has 27 heavy (non-hydrogen) atoms. The lowest BCUT2D eigenvalue weighted by atomic mass is 10.1. The molecule has 0 aliphatic heterocycles. The first-order valence-corrected chi connectivity index (χ1v) is 9.70. The zero-order valence-corrected chi connectivity index (χ0v) is 16.6. The van der Waals surface area contributed by atoms with Crippen LogP contribution in [-0.4, -0.2) is 23.6 Å². The Labute approximate surface area is 165 Å². The van der Waals surface area contributed by atoms with E-state index < -0.39 is 0 Å². The largest absolute Gasteiger partial charge is 0.468 e. The standard InChI is InChI=1S/C20H19ClN2O3S/c1-3-13-6-9-16-17(10-13)27-20(23(16)12-19(25)26-2)22-18(24)11-14-4-7-15(21)8-5-14/h4-10H,3,11-12H2,1-2H3. The average Bonchev–Trinajstić information content (AvgIpc) is 2.99. The Kier molecular flexibility index (Phi) is 6.08. The third-order valence-electron chi connectivity index (χ3n) is 4.16. The number of nitrogens with zero attached hydrogens (tertiary/aromatic N) is 2. The molecule has 1 amide bonds. The van der Waals surface area contributed by atoms with Crippen LogP contribution >= 0.6 is 22.9 Å². The molecule has 0 aliphatic carbocycles. The van der Waals surface area contributed by atoms with Crippen molar-refractivity contribution in [2.75, 3.05) is 7.11 Å². The summed E-state index contributed by atoms with van der Waals surface area (Å²) in [6.07, 6.45) is 1.08. The lowest BCUT2D eigenvalue weighted by Crippen LogP contribution is -2.22. The highest BCUT2D eigenvalue weighted by Gasteiger charge is 2.12. The lowest BCUT2D eigenvalue weighted by molar-refractivity contribution is -0.141. The molecule has 0 saturated heterocycles. The molecule has 0 spiro atoms. The van der Waals surface area contributed by atoms with Gasteiger partial charge in [-0.15, -0.1) is 0 Å². The summed E-state index contributed by atoms with van der Waals surface area (Å²) in [5.74, 6) is -0.668. The number of benzene rings is 2. The number of carbonyl (C=O) groups excluding carboxylic acids is 2. The van der Waals surface area contributed by atoms with Crippen LogP contribution in [-0.2, 0) is 33.7 Å². The van der Waals surface area contributed by atoms with Crippen LogP contribution in [0.1, 0.15) is 18.1 Å². The molecule has 2 aromatic carbocycles. The van der Waals surface area contributed by atoms with Gasteiger partial charge in [-0.25, -0.2) is 0 Å². The normalized spacial score (nSPS) is 11.7. The fraction of sp³-hybridized carbons (Fsp3) is 0.250. The minimum atomic E-state index is -0.388. The summed E-state index contributed by atoms with van der Waals surface area (Å²) < 4.78 is 7.50. The number of aryl methyl sites for hydroxylation is 1. The smallest absolute Gasteiger partial charge is 0.325 e. The molecule has 0 aliphatic rings. The molecule has 0 saturated carbocycles. The molecule has 5 nitrogen and oxygen atoms in total. The van der Waals surface area contributed by atoms with Gasteiger partial charge in [0, 0.05) is 5.02 Å². The number of esters is 1. The highest BCUT2D eigenvalue weighted by atomic mass is 35.5. The van der Waals surface area contributed by atoms with Crippen molar-refractivity contribution >= 4 is 45.0 Å². The van der Waals surface area contributed by atoms with Crippen molar-refractivity contribution in [3.63, 3.8) is 0 Å². The molecular formula is C20H19ClN2O3S. The molecule has 0 atom stereocenters. The minimum absolute atomic E-state index is 0.00896. The topological polar surface area (TPSA) is 60.7 Å². The fourth-order valence-electron chi connectivity index (χ4n) is 2.69. The Morgan fingerprint density at radius 1 is 1.15 bits per heavy atom. The number of methoxy groups -OCH3 is 1. The van der Waals surface area contributed by atoms with Crippen LogP contribution in [0.15, 0.2) is 47.5 Å². The fourth-order valence-corrected chi connectivity index (χ4v) is 3.93. The third-order valence-corrected chi connectivity index (χ3v) is 5.45. The van der Waals surface area contributed by atoms with Crippen LogP contribution in [0.25, 0.3) is 10.2 Å². The molecular weight excluding hydrogens is 384 g/mol. The van der Waals surface area contributed by atoms with Gasteiger partial charge in [0.15, 0.2) is 4.80 Å². The first-order valence-electron chi connectivity index (χ1n) is 8.51. The number of aromatic nitrogens is 1. The maximum absolute atomic E-state index is 12.5. The van der Waals surface area contributed by atoms with Crippen molar-refractivity contribution in [3.8, 4) is 0 Å². The summed E-state index contributed by atoms with van der Waals surface area (Å²) >= 11 is 7.27. The van der Waals surface area contributed by atoms with E-state index in [0.717, 1.165) is 22.2 Å². The summed E-state index contributed by atoms with van der Waals surface area (Å²) in [5, 5.41) is 0.621. The number of ether oxygens (including phenoxy) is 1. The predicted octanol–water partition coefficient (Wildman–Crippen LogP) is 3.76. The molecule has 0 N–H and O–H groups in total. The van der Waals surface area contributed by atoms with E-state index in [1.807, 2.05) is 12.1 Å². The zero-order chi connectivity index (χ0) is 19.4. The highest BCUT2D eigenvalue weighted by Crippen LogP contribution is 2.20. The van der Waals surface area contributed by atoms with Crippen LogP contribution in [0.4, 0.5) is 0 Å². The van der Waals surface area contributed by atoms with Crippen molar-refractivity contribution in [2.45, 2.75) is 26.3 Å². The molecule has 0 fully saturated rings. The van der Waals surface area contributed by atoms with Gasteiger partial charge in [-0.2, -0.15) is 4.99 Å². The molecule has 140 valence electrons. The van der Waals surface area contributed by atoms with Crippen LogP contribution in [0.3, 0.4) is 0 Å². The van der Waals surface area contributed by atoms with Crippen LogP contribution in [0.2, 0.25) is 5.02 Å². The zero-order valence-electron chi connectivity index (χ0n) is 15.1. The summed E-state index contributed by atoms with van der Waals surface area (Å²) in [6, 6.07) is 13.1. The van der Waals surface area contributed by atoms with Crippen molar-refractivity contribution in [2.24, 2.45) is 4.99 Å². The highest BCUT2D eigenvalue weighted by molar-refractivity contribution is 7.16. The third kappa shape index (κ3) is 4.64. The number of rotatable bonds is 5. The molecule has 1 aromatic heterocycles. The van der Waals surface area contributed by atoms with E-state index in [0.29, 0.717) is 9.82 Å². The van der Waals surface area contributed by atoms with Crippen molar-refractivity contribution < 1.29 is 14.3 Å². The van der Waals surface area contributed by atoms with Gasteiger partial charge in [-0.1, -0.05) is 48.1 Å². The van der Waals surface area contributed by atoms with Crippen molar-refractivity contribution in [1.29, 1.82) is 0 Å². The molecule has 7 heteroatoms. The Balaban J connectivity index is 2.00. The van der Waals surface area contributed by atoms with Gasteiger partial charge in [0.05, 0.1) is 23.7 Å². The molecule has 0 radical (unpaired) electrons.